The van der Waals surface area contributed by atoms with Gasteiger partial charge in [-0.1, -0.05) is 29.4 Å². The first kappa shape index (κ1) is 13.5. The van der Waals surface area contributed by atoms with Crippen molar-refractivity contribution in [1.82, 2.24) is 10.1 Å². The molecule has 0 unspecified atom stereocenters. The van der Waals surface area contributed by atoms with Crippen LogP contribution >= 0.6 is 11.8 Å². The van der Waals surface area contributed by atoms with Gasteiger partial charge >= 0.3 is 0 Å². The van der Waals surface area contributed by atoms with Crippen molar-refractivity contribution in [2.75, 3.05) is 0 Å². The van der Waals surface area contributed by atoms with Gasteiger partial charge in [0.2, 0.25) is 0 Å². The van der Waals surface area contributed by atoms with E-state index >= 15 is 0 Å². The van der Waals surface area contributed by atoms with E-state index in [4.69, 9.17) is 4.52 Å². The van der Waals surface area contributed by atoms with Crippen molar-refractivity contribution in [3.05, 3.63) is 54.4 Å². The summed E-state index contributed by atoms with van der Waals surface area (Å²) in [5.74, 6) is 0.958. The van der Waals surface area contributed by atoms with Crippen molar-refractivity contribution in [2.24, 2.45) is 0 Å². The predicted octanol–water partition coefficient (Wildman–Crippen LogP) is 3.44. The van der Waals surface area contributed by atoms with E-state index in [9.17, 15) is 10.2 Å². The molecule has 0 atom stereocenters. The van der Waals surface area contributed by atoms with E-state index in [0.29, 0.717) is 11.6 Å². The maximum Gasteiger partial charge on any atom is 0.265 e. The van der Waals surface area contributed by atoms with Gasteiger partial charge in [-0.15, -0.1) is 11.8 Å². The van der Waals surface area contributed by atoms with Crippen LogP contribution in [0.5, 0.6) is 11.5 Å². The van der Waals surface area contributed by atoms with Crippen molar-refractivity contribution < 1.29 is 14.7 Å². The Labute approximate surface area is 125 Å². The molecular formula is C15H12N2O3S. The fraction of sp³-hybridized carbons (Fsp3) is 0.0667. The molecule has 0 saturated carbocycles. The van der Waals surface area contributed by atoms with Crippen LogP contribution < -0.4 is 0 Å². The minimum atomic E-state index is -0.0964. The fourth-order valence-corrected chi connectivity index (χ4v) is 2.59. The van der Waals surface area contributed by atoms with E-state index in [1.54, 1.807) is 11.8 Å². The SMILES string of the molecule is Oc1cccc(O)c1-c1nc(CSc2ccccc2)no1. The Morgan fingerprint density at radius 1 is 0.952 bits per heavy atom. The minimum absolute atomic E-state index is 0.0964. The molecule has 0 amide bonds. The molecule has 21 heavy (non-hydrogen) atoms. The largest absolute Gasteiger partial charge is 0.507 e. The number of benzene rings is 2. The summed E-state index contributed by atoms with van der Waals surface area (Å²) >= 11 is 1.58. The molecule has 0 bridgehead atoms. The molecule has 0 aliphatic carbocycles. The Hall–Kier alpha value is -2.47. The summed E-state index contributed by atoms with van der Waals surface area (Å²) in [6.07, 6.45) is 0. The average Bonchev–Trinajstić information content (AvgIpc) is 2.95. The molecule has 0 radical (unpaired) electrons. The predicted molar refractivity (Wildman–Crippen MR) is 79.1 cm³/mol. The van der Waals surface area contributed by atoms with Crippen LogP contribution in [0.1, 0.15) is 5.82 Å². The van der Waals surface area contributed by atoms with E-state index in [1.807, 2.05) is 30.3 Å². The second-order valence-electron chi connectivity index (χ2n) is 4.29. The third kappa shape index (κ3) is 3.00. The lowest BCUT2D eigenvalue weighted by atomic mass is 10.2. The van der Waals surface area contributed by atoms with Gasteiger partial charge in [0.25, 0.3) is 5.89 Å². The maximum atomic E-state index is 9.77. The summed E-state index contributed by atoms with van der Waals surface area (Å²) in [5.41, 5.74) is 0.154. The van der Waals surface area contributed by atoms with Gasteiger partial charge in [-0.05, 0) is 24.3 Å². The standard InChI is InChI=1S/C15H12N2O3S/c18-11-7-4-8-12(19)14(11)15-16-13(17-20-15)9-21-10-5-2-1-3-6-10/h1-8,18-19H,9H2. The van der Waals surface area contributed by atoms with Crippen LogP contribution in [0.3, 0.4) is 0 Å². The van der Waals surface area contributed by atoms with Crippen LogP contribution in [0, 0.1) is 0 Å². The van der Waals surface area contributed by atoms with Gasteiger partial charge in [0, 0.05) is 4.90 Å². The maximum absolute atomic E-state index is 9.77. The summed E-state index contributed by atoms with van der Waals surface area (Å²) in [6, 6.07) is 14.3. The molecule has 1 heterocycles. The summed E-state index contributed by atoms with van der Waals surface area (Å²) < 4.78 is 5.11. The summed E-state index contributed by atoms with van der Waals surface area (Å²) in [5, 5.41) is 23.4. The van der Waals surface area contributed by atoms with E-state index in [1.165, 1.54) is 18.2 Å². The zero-order chi connectivity index (χ0) is 14.7. The highest BCUT2D eigenvalue weighted by Gasteiger charge is 2.17. The van der Waals surface area contributed by atoms with Crippen molar-refractivity contribution in [2.45, 2.75) is 10.6 Å². The Bertz CT molecular complexity index is 723. The fourth-order valence-electron chi connectivity index (χ4n) is 1.83. The van der Waals surface area contributed by atoms with Gasteiger partial charge in [0.1, 0.15) is 17.1 Å². The Morgan fingerprint density at radius 2 is 1.67 bits per heavy atom. The van der Waals surface area contributed by atoms with Gasteiger partial charge in [-0.2, -0.15) is 4.98 Å². The highest BCUT2D eigenvalue weighted by atomic mass is 32.2. The van der Waals surface area contributed by atoms with Gasteiger partial charge in [0.05, 0.1) is 5.75 Å². The molecule has 2 aromatic carbocycles. The lowest BCUT2D eigenvalue weighted by Crippen LogP contribution is -1.85. The molecule has 2 N–H and O–H groups in total. The number of rotatable bonds is 4. The van der Waals surface area contributed by atoms with Crippen LogP contribution in [0.4, 0.5) is 0 Å². The normalized spacial score (nSPS) is 10.7. The van der Waals surface area contributed by atoms with E-state index in [2.05, 4.69) is 10.1 Å². The van der Waals surface area contributed by atoms with Crippen molar-refractivity contribution >= 4 is 11.8 Å². The lowest BCUT2D eigenvalue weighted by Gasteiger charge is -2.01. The van der Waals surface area contributed by atoms with Crippen molar-refractivity contribution in [3.8, 4) is 23.0 Å². The smallest absolute Gasteiger partial charge is 0.265 e. The van der Waals surface area contributed by atoms with Crippen LogP contribution in [0.15, 0.2) is 57.9 Å². The zero-order valence-electron chi connectivity index (χ0n) is 10.9. The number of aromatic hydroxyl groups is 2. The number of thioether (sulfide) groups is 1. The molecular weight excluding hydrogens is 288 g/mol. The topological polar surface area (TPSA) is 79.4 Å². The second-order valence-corrected chi connectivity index (χ2v) is 5.34. The minimum Gasteiger partial charge on any atom is -0.507 e. The zero-order valence-corrected chi connectivity index (χ0v) is 11.7. The van der Waals surface area contributed by atoms with Gasteiger partial charge < -0.3 is 14.7 Å². The number of aromatic nitrogens is 2. The van der Waals surface area contributed by atoms with Gasteiger partial charge in [-0.3, -0.25) is 0 Å². The molecule has 106 valence electrons. The summed E-state index contributed by atoms with van der Waals surface area (Å²) in [4.78, 5) is 5.30. The van der Waals surface area contributed by atoms with Crippen LogP contribution in [0.25, 0.3) is 11.5 Å². The third-order valence-electron chi connectivity index (χ3n) is 2.81. The number of hydrogen-bond acceptors (Lipinski definition) is 6. The molecule has 3 rings (SSSR count). The molecule has 0 aliphatic heterocycles. The highest BCUT2D eigenvalue weighted by molar-refractivity contribution is 7.98. The second kappa shape index (κ2) is 5.88. The van der Waals surface area contributed by atoms with Crippen LogP contribution in [-0.2, 0) is 5.75 Å². The first-order chi connectivity index (χ1) is 10.2. The van der Waals surface area contributed by atoms with E-state index < -0.39 is 0 Å². The molecule has 5 nitrogen and oxygen atoms in total. The Kier molecular flexibility index (Phi) is 3.79. The Morgan fingerprint density at radius 3 is 2.38 bits per heavy atom. The number of nitrogens with zero attached hydrogens (tertiary/aromatic N) is 2. The third-order valence-corrected chi connectivity index (χ3v) is 3.82. The number of phenolic OH excluding ortho intramolecular Hbond substituents is 2. The number of hydrogen-bond donors (Lipinski definition) is 2. The molecule has 0 fully saturated rings. The molecule has 1 aromatic heterocycles. The van der Waals surface area contributed by atoms with Crippen molar-refractivity contribution in [1.29, 1.82) is 0 Å². The first-order valence-corrected chi connectivity index (χ1v) is 7.24. The Balaban J connectivity index is 1.78. The highest BCUT2D eigenvalue weighted by Crippen LogP contribution is 2.36. The average molecular weight is 300 g/mol. The van der Waals surface area contributed by atoms with Gasteiger partial charge in [0.15, 0.2) is 5.82 Å². The van der Waals surface area contributed by atoms with Crippen LogP contribution in [0.2, 0.25) is 0 Å². The molecule has 0 aliphatic rings. The molecule has 0 spiro atoms. The number of phenols is 2. The quantitative estimate of drug-likeness (QED) is 0.718. The van der Waals surface area contributed by atoms with Crippen molar-refractivity contribution in [3.63, 3.8) is 0 Å². The lowest BCUT2D eigenvalue weighted by molar-refractivity contribution is 0.411. The monoisotopic (exact) mass is 300 g/mol. The van der Waals surface area contributed by atoms with E-state index in [0.717, 1.165) is 4.90 Å². The molecule has 3 aromatic rings. The summed E-state index contributed by atoms with van der Waals surface area (Å²) in [7, 11) is 0. The van der Waals surface area contributed by atoms with E-state index in [-0.39, 0.29) is 23.0 Å². The summed E-state index contributed by atoms with van der Waals surface area (Å²) in [6.45, 7) is 0. The molecule has 6 heteroatoms. The molecule has 0 saturated heterocycles. The van der Waals surface area contributed by atoms with Gasteiger partial charge in [-0.25, -0.2) is 0 Å². The van der Waals surface area contributed by atoms with Crippen LogP contribution in [-0.4, -0.2) is 20.4 Å². The first-order valence-electron chi connectivity index (χ1n) is 6.26.